The van der Waals surface area contributed by atoms with Crippen molar-refractivity contribution in [1.29, 1.82) is 0 Å². The van der Waals surface area contributed by atoms with Crippen LogP contribution < -0.4 is 4.72 Å². The number of hydrogen-bond donors (Lipinski definition) is 2. The van der Waals surface area contributed by atoms with Gasteiger partial charge in [-0.15, -0.1) is 0 Å². The van der Waals surface area contributed by atoms with Crippen LogP contribution in [0.4, 0.5) is 10.1 Å². The van der Waals surface area contributed by atoms with Crippen molar-refractivity contribution in [3.05, 3.63) is 59.4 Å². The van der Waals surface area contributed by atoms with E-state index in [-0.39, 0.29) is 23.3 Å². The zero-order chi connectivity index (χ0) is 20.3. The molecule has 0 atom stereocenters. The molecule has 0 saturated carbocycles. The number of sulfonamides is 1. The highest BCUT2D eigenvalue weighted by Gasteiger charge is 2.21. The van der Waals surface area contributed by atoms with E-state index in [1.807, 2.05) is 0 Å². The summed E-state index contributed by atoms with van der Waals surface area (Å²) in [6.07, 6.45) is 1.08. The summed E-state index contributed by atoms with van der Waals surface area (Å²) in [5, 5.41) is 9.52. The Hall–Kier alpha value is -2.45. The van der Waals surface area contributed by atoms with Crippen LogP contribution in [-0.2, 0) is 21.2 Å². The van der Waals surface area contributed by atoms with Crippen molar-refractivity contribution >= 4 is 21.6 Å². The molecule has 2 aromatic carbocycles. The highest BCUT2D eigenvalue weighted by atomic mass is 32.2. The molecule has 0 bridgehead atoms. The van der Waals surface area contributed by atoms with Crippen LogP contribution in [0, 0.1) is 12.7 Å². The van der Waals surface area contributed by atoms with Crippen LogP contribution in [0.2, 0.25) is 0 Å². The molecule has 0 unspecified atom stereocenters. The number of likely N-dealkylation sites (tertiary alicyclic amines) is 1. The molecular weight excluding hydrogens is 383 g/mol. The first-order valence-corrected chi connectivity index (χ1v) is 10.6. The minimum atomic E-state index is -3.83. The Morgan fingerprint density at radius 1 is 1.18 bits per heavy atom. The molecule has 6 nitrogen and oxygen atoms in total. The van der Waals surface area contributed by atoms with E-state index in [0.717, 1.165) is 11.6 Å². The van der Waals surface area contributed by atoms with E-state index in [0.29, 0.717) is 37.2 Å². The van der Waals surface area contributed by atoms with Gasteiger partial charge in [0.25, 0.3) is 10.0 Å². The fourth-order valence-corrected chi connectivity index (χ4v) is 4.50. The van der Waals surface area contributed by atoms with E-state index < -0.39 is 15.8 Å². The maximum Gasteiger partial charge on any atom is 0.262 e. The summed E-state index contributed by atoms with van der Waals surface area (Å²) in [4.78, 5) is 14.1. The molecule has 28 heavy (non-hydrogen) atoms. The van der Waals surface area contributed by atoms with Crippen molar-refractivity contribution in [2.45, 2.75) is 37.2 Å². The molecule has 1 heterocycles. The Bertz CT molecular complexity index is 953. The third-order valence-electron chi connectivity index (χ3n) is 4.81. The number of hydrogen-bond acceptors (Lipinski definition) is 4. The molecule has 1 saturated heterocycles. The molecule has 1 fully saturated rings. The van der Waals surface area contributed by atoms with Gasteiger partial charge in [-0.05, 0) is 61.2 Å². The van der Waals surface area contributed by atoms with Gasteiger partial charge >= 0.3 is 0 Å². The first-order valence-electron chi connectivity index (χ1n) is 9.08. The minimum Gasteiger partial charge on any atom is -0.393 e. The van der Waals surface area contributed by atoms with Crippen LogP contribution >= 0.6 is 0 Å². The maximum absolute atomic E-state index is 13.2. The number of carbonyl (C=O) groups excluding carboxylic acids is 1. The fourth-order valence-electron chi connectivity index (χ4n) is 3.22. The fraction of sp³-hybridized carbons (Fsp3) is 0.350. The van der Waals surface area contributed by atoms with Gasteiger partial charge < -0.3 is 10.0 Å². The van der Waals surface area contributed by atoms with Gasteiger partial charge in [0.15, 0.2) is 0 Å². The van der Waals surface area contributed by atoms with Gasteiger partial charge in [-0.2, -0.15) is 0 Å². The van der Waals surface area contributed by atoms with Crippen molar-refractivity contribution in [1.82, 2.24) is 4.90 Å². The SMILES string of the molecule is Cc1cc(F)ccc1S(=O)(=O)Nc1ccc(CC(=O)N2CCC(O)CC2)cc1. The molecule has 1 aliphatic rings. The maximum atomic E-state index is 13.2. The number of carbonyl (C=O) groups is 1. The molecule has 0 aromatic heterocycles. The third-order valence-corrected chi connectivity index (χ3v) is 6.35. The summed E-state index contributed by atoms with van der Waals surface area (Å²) >= 11 is 0. The Labute approximate surface area is 164 Å². The Morgan fingerprint density at radius 2 is 1.82 bits per heavy atom. The second-order valence-corrected chi connectivity index (χ2v) is 8.65. The summed E-state index contributed by atoms with van der Waals surface area (Å²) in [6, 6.07) is 10.1. The Morgan fingerprint density at radius 3 is 2.43 bits per heavy atom. The zero-order valence-corrected chi connectivity index (χ0v) is 16.4. The summed E-state index contributed by atoms with van der Waals surface area (Å²) in [5.41, 5.74) is 1.46. The lowest BCUT2D eigenvalue weighted by Crippen LogP contribution is -2.40. The van der Waals surface area contributed by atoms with Gasteiger partial charge in [0.05, 0.1) is 17.4 Å². The van der Waals surface area contributed by atoms with Gasteiger partial charge in [0.2, 0.25) is 5.91 Å². The largest absolute Gasteiger partial charge is 0.393 e. The zero-order valence-electron chi connectivity index (χ0n) is 15.6. The van der Waals surface area contributed by atoms with Crippen LogP contribution in [-0.4, -0.2) is 43.5 Å². The molecule has 2 N–H and O–H groups in total. The lowest BCUT2D eigenvalue weighted by molar-refractivity contribution is -0.132. The molecule has 150 valence electrons. The number of aliphatic hydroxyl groups is 1. The highest BCUT2D eigenvalue weighted by molar-refractivity contribution is 7.92. The number of aryl methyl sites for hydroxylation is 1. The van der Waals surface area contributed by atoms with Crippen molar-refractivity contribution in [3.63, 3.8) is 0 Å². The van der Waals surface area contributed by atoms with Crippen LogP contribution in [0.25, 0.3) is 0 Å². The number of nitrogens with one attached hydrogen (secondary N) is 1. The lowest BCUT2D eigenvalue weighted by Gasteiger charge is -2.29. The van der Waals surface area contributed by atoms with E-state index in [1.54, 1.807) is 29.2 Å². The number of piperidine rings is 1. The molecular formula is C20H23FN2O4S. The quantitative estimate of drug-likeness (QED) is 0.799. The number of aliphatic hydroxyl groups excluding tert-OH is 1. The lowest BCUT2D eigenvalue weighted by atomic mass is 10.1. The summed E-state index contributed by atoms with van der Waals surface area (Å²) in [7, 11) is -3.83. The van der Waals surface area contributed by atoms with Crippen molar-refractivity contribution < 1.29 is 22.7 Å². The molecule has 3 rings (SSSR count). The summed E-state index contributed by atoms with van der Waals surface area (Å²) in [6.45, 7) is 2.63. The van der Waals surface area contributed by atoms with Crippen LogP contribution in [0.3, 0.4) is 0 Å². The van der Waals surface area contributed by atoms with E-state index in [1.165, 1.54) is 19.1 Å². The van der Waals surface area contributed by atoms with E-state index in [9.17, 15) is 22.7 Å². The Balaban J connectivity index is 1.65. The monoisotopic (exact) mass is 406 g/mol. The first kappa shape index (κ1) is 20.3. The van der Waals surface area contributed by atoms with Crippen LogP contribution in [0.5, 0.6) is 0 Å². The van der Waals surface area contributed by atoms with Crippen molar-refractivity contribution in [2.24, 2.45) is 0 Å². The Kier molecular flexibility index (Phi) is 6.00. The molecule has 0 radical (unpaired) electrons. The second-order valence-electron chi connectivity index (χ2n) is 7.00. The molecule has 0 aliphatic carbocycles. The molecule has 8 heteroatoms. The number of halogens is 1. The predicted molar refractivity (Wildman–Crippen MR) is 104 cm³/mol. The van der Waals surface area contributed by atoms with Crippen molar-refractivity contribution in [2.75, 3.05) is 17.8 Å². The second kappa shape index (κ2) is 8.28. The van der Waals surface area contributed by atoms with Gasteiger partial charge in [-0.25, -0.2) is 12.8 Å². The van der Waals surface area contributed by atoms with Gasteiger partial charge in [-0.1, -0.05) is 12.1 Å². The normalized spacial score (nSPS) is 15.5. The number of nitrogens with zero attached hydrogens (tertiary/aromatic N) is 1. The predicted octanol–water partition coefficient (Wildman–Crippen LogP) is 2.46. The van der Waals surface area contributed by atoms with Gasteiger partial charge in [-0.3, -0.25) is 9.52 Å². The number of benzene rings is 2. The molecule has 1 amide bonds. The summed E-state index contributed by atoms with van der Waals surface area (Å²) < 4.78 is 40.7. The average molecular weight is 406 g/mol. The number of amides is 1. The summed E-state index contributed by atoms with van der Waals surface area (Å²) in [5.74, 6) is -0.504. The minimum absolute atomic E-state index is 0.0119. The topological polar surface area (TPSA) is 86.7 Å². The standard InChI is InChI=1S/C20H23FN2O4S/c1-14-12-16(21)4-7-19(14)28(26,27)22-17-5-2-15(3-6-17)13-20(25)23-10-8-18(24)9-11-23/h2-7,12,18,22,24H,8-11,13H2,1H3. The van der Waals surface area contributed by atoms with Crippen LogP contribution in [0.15, 0.2) is 47.4 Å². The van der Waals surface area contributed by atoms with Gasteiger partial charge in [0.1, 0.15) is 5.82 Å². The third kappa shape index (κ3) is 4.88. The molecule has 0 spiro atoms. The number of rotatable bonds is 5. The van der Waals surface area contributed by atoms with Crippen molar-refractivity contribution in [3.8, 4) is 0 Å². The molecule has 1 aliphatic heterocycles. The smallest absolute Gasteiger partial charge is 0.262 e. The van der Waals surface area contributed by atoms with E-state index >= 15 is 0 Å². The highest BCUT2D eigenvalue weighted by Crippen LogP contribution is 2.21. The van der Waals surface area contributed by atoms with Gasteiger partial charge in [0, 0.05) is 18.8 Å². The van der Waals surface area contributed by atoms with E-state index in [4.69, 9.17) is 0 Å². The van der Waals surface area contributed by atoms with E-state index in [2.05, 4.69) is 4.72 Å². The number of anilines is 1. The average Bonchev–Trinajstić information content (AvgIpc) is 2.63. The van der Waals surface area contributed by atoms with Crippen LogP contribution in [0.1, 0.15) is 24.0 Å². The molecule has 2 aromatic rings. The first-order chi connectivity index (χ1) is 13.2.